The Morgan fingerprint density at radius 3 is 2.84 bits per heavy atom. The van der Waals surface area contributed by atoms with Crippen LogP contribution < -0.4 is 10.1 Å². The average Bonchev–Trinajstić information content (AvgIpc) is 3.42. The number of imide groups is 1. The van der Waals surface area contributed by atoms with Gasteiger partial charge in [0.15, 0.2) is 0 Å². The highest BCUT2D eigenvalue weighted by atomic mass is 16.5. The van der Waals surface area contributed by atoms with E-state index < -0.39 is 11.9 Å². The molecular weight excluding hydrogens is 472 g/mol. The summed E-state index contributed by atoms with van der Waals surface area (Å²) in [7, 11) is 1.90. The molecule has 2 fully saturated rings. The van der Waals surface area contributed by atoms with Crippen molar-refractivity contribution in [3.8, 4) is 5.75 Å². The highest BCUT2D eigenvalue weighted by Gasteiger charge is 2.39. The van der Waals surface area contributed by atoms with Crippen LogP contribution in [0.2, 0.25) is 0 Å². The summed E-state index contributed by atoms with van der Waals surface area (Å²) in [6, 6.07) is 11.5. The predicted octanol–water partition coefficient (Wildman–Crippen LogP) is 2.16. The van der Waals surface area contributed by atoms with Crippen molar-refractivity contribution in [1.29, 1.82) is 0 Å². The molecule has 1 unspecified atom stereocenters. The number of carbonyl (C=O) groups is 3. The molecule has 1 aromatic heterocycles. The number of carbonyl (C=O) groups excluding carboxylic acids is 3. The van der Waals surface area contributed by atoms with Crippen molar-refractivity contribution < 1.29 is 19.1 Å². The van der Waals surface area contributed by atoms with Gasteiger partial charge in [0.05, 0.1) is 5.52 Å². The van der Waals surface area contributed by atoms with Gasteiger partial charge in [0.1, 0.15) is 23.9 Å². The van der Waals surface area contributed by atoms with Crippen molar-refractivity contribution in [3.63, 3.8) is 0 Å². The van der Waals surface area contributed by atoms with Gasteiger partial charge in [-0.15, -0.1) is 5.10 Å². The minimum Gasteiger partial charge on any atom is -0.492 e. The fourth-order valence-corrected chi connectivity index (χ4v) is 5.71. The molecular formula is C27H30N6O4. The molecule has 0 aliphatic carbocycles. The Bertz CT molecular complexity index is 1380. The zero-order valence-electron chi connectivity index (χ0n) is 20.9. The molecule has 2 saturated heterocycles. The Morgan fingerprint density at radius 2 is 1.97 bits per heavy atom. The number of aromatic nitrogens is 3. The molecule has 6 rings (SSSR count). The topological polar surface area (TPSA) is 110 Å². The van der Waals surface area contributed by atoms with Gasteiger partial charge in [-0.05, 0) is 67.3 Å². The van der Waals surface area contributed by atoms with E-state index in [0.29, 0.717) is 31.2 Å². The number of amides is 3. The standard InChI is InChI=1S/C27H30N6O4/c1-31-23-8-5-17(12-22(23)29-30-31)14-32-11-3-2-4-19(32)16-37-20-6-7-21-18(13-20)15-33(27(21)36)24-9-10-25(34)28-26(24)35/h5-8,12-13,19,24H,2-4,9-11,14-16H2,1H3,(H,28,34,35)/t19-,24?/m0/s1. The SMILES string of the molecule is Cn1nnc2cc(CN3CCCC[C@H]3COc3ccc4c(c3)CN(C3CCC(=O)NC3=O)C4=O)ccc21. The number of nitrogens with zero attached hydrogens (tertiary/aromatic N) is 5. The van der Waals surface area contributed by atoms with E-state index in [1.54, 1.807) is 15.6 Å². The van der Waals surface area contributed by atoms with Gasteiger partial charge in [0, 0.05) is 38.2 Å². The van der Waals surface area contributed by atoms with Gasteiger partial charge in [-0.3, -0.25) is 24.6 Å². The quantitative estimate of drug-likeness (QED) is 0.515. The van der Waals surface area contributed by atoms with Crippen molar-refractivity contribution in [3.05, 3.63) is 53.1 Å². The first-order valence-corrected chi connectivity index (χ1v) is 12.9. The number of aryl methyl sites for hydroxylation is 1. The summed E-state index contributed by atoms with van der Waals surface area (Å²) in [5.41, 5.74) is 4.59. The molecule has 1 N–H and O–H groups in total. The maximum atomic E-state index is 12.9. The summed E-state index contributed by atoms with van der Waals surface area (Å²) < 4.78 is 8.02. The molecule has 2 atom stereocenters. The molecule has 10 nitrogen and oxygen atoms in total. The van der Waals surface area contributed by atoms with Crippen molar-refractivity contribution in [1.82, 2.24) is 30.1 Å². The minimum absolute atomic E-state index is 0.172. The third-order valence-electron chi connectivity index (χ3n) is 7.75. The number of ether oxygens (including phenoxy) is 1. The Hall–Kier alpha value is -3.79. The monoisotopic (exact) mass is 502 g/mol. The van der Waals surface area contributed by atoms with Crippen molar-refractivity contribution in [2.24, 2.45) is 7.05 Å². The number of piperidine rings is 2. The Morgan fingerprint density at radius 1 is 1.08 bits per heavy atom. The maximum Gasteiger partial charge on any atom is 0.255 e. The summed E-state index contributed by atoms with van der Waals surface area (Å²) >= 11 is 0. The van der Waals surface area contributed by atoms with Crippen LogP contribution in [0.15, 0.2) is 36.4 Å². The first-order chi connectivity index (χ1) is 18.0. The largest absolute Gasteiger partial charge is 0.492 e. The van der Waals surface area contributed by atoms with Gasteiger partial charge in [-0.2, -0.15) is 0 Å². The van der Waals surface area contributed by atoms with Crippen LogP contribution in [0.25, 0.3) is 11.0 Å². The number of fused-ring (bicyclic) bond motifs is 2. The van der Waals surface area contributed by atoms with E-state index in [2.05, 4.69) is 38.7 Å². The van der Waals surface area contributed by atoms with Crippen LogP contribution in [0.5, 0.6) is 5.75 Å². The molecule has 192 valence electrons. The van der Waals surface area contributed by atoms with Crippen molar-refractivity contribution in [2.75, 3.05) is 13.2 Å². The van der Waals surface area contributed by atoms with Crippen LogP contribution in [-0.4, -0.2) is 67.8 Å². The highest BCUT2D eigenvalue weighted by molar-refractivity contribution is 6.05. The smallest absolute Gasteiger partial charge is 0.255 e. The molecule has 0 radical (unpaired) electrons. The molecule has 3 amide bonds. The highest BCUT2D eigenvalue weighted by Crippen LogP contribution is 2.31. The molecule has 3 aromatic rings. The Labute approximate surface area is 214 Å². The summed E-state index contributed by atoms with van der Waals surface area (Å²) in [4.78, 5) is 40.8. The molecule has 0 saturated carbocycles. The Kier molecular flexibility index (Phi) is 6.11. The predicted molar refractivity (Wildman–Crippen MR) is 135 cm³/mol. The number of hydrogen-bond acceptors (Lipinski definition) is 7. The van der Waals surface area contributed by atoms with Crippen LogP contribution in [0.1, 0.15) is 53.6 Å². The Balaban J connectivity index is 1.11. The summed E-state index contributed by atoms with van der Waals surface area (Å²) in [5.74, 6) is -0.130. The second kappa shape index (κ2) is 9.59. The normalized spacial score (nSPS) is 22.4. The first kappa shape index (κ1) is 23.6. The van der Waals surface area contributed by atoms with E-state index in [9.17, 15) is 14.4 Å². The number of rotatable bonds is 6. The van der Waals surface area contributed by atoms with Crippen LogP contribution in [0.4, 0.5) is 0 Å². The second-order valence-electron chi connectivity index (χ2n) is 10.2. The van der Waals surface area contributed by atoms with Crippen molar-refractivity contribution in [2.45, 2.75) is 57.3 Å². The molecule has 4 heterocycles. The van der Waals surface area contributed by atoms with Crippen LogP contribution in [0, 0.1) is 0 Å². The number of benzene rings is 2. The maximum absolute atomic E-state index is 12.9. The van der Waals surface area contributed by atoms with Crippen LogP contribution >= 0.6 is 0 Å². The molecule has 10 heteroatoms. The average molecular weight is 503 g/mol. The van der Waals surface area contributed by atoms with Crippen molar-refractivity contribution >= 4 is 28.8 Å². The summed E-state index contributed by atoms with van der Waals surface area (Å²) in [5, 5.41) is 10.7. The number of hydrogen-bond donors (Lipinski definition) is 1. The lowest BCUT2D eigenvalue weighted by atomic mass is 10.0. The fourth-order valence-electron chi connectivity index (χ4n) is 5.71. The lowest BCUT2D eigenvalue weighted by Crippen LogP contribution is -2.52. The number of likely N-dealkylation sites (tertiary alicyclic amines) is 1. The van der Waals surface area contributed by atoms with Crippen LogP contribution in [0.3, 0.4) is 0 Å². The van der Waals surface area contributed by atoms with E-state index in [1.165, 1.54) is 18.4 Å². The van der Waals surface area contributed by atoms with Gasteiger partial charge in [-0.25, -0.2) is 4.68 Å². The van der Waals surface area contributed by atoms with Gasteiger partial charge in [0.2, 0.25) is 11.8 Å². The zero-order valence-corrected chi connectivity index (χ0v) is 20.9. The van der Waals surface area contributed by atoms with Gasteiger partial charge in [0.25, 0.3) is 5.91 Å². The zero-order chi connectivity index (χ0) is 25.5. The molecule has 3 aliphatic heterocycles. The fraction of sp³-hybridized carbons (Fsp3) is 0.444. The van der Waals surface area contributed by atoms with Gasteiger partial charge in [-0.1, -0.05) is 17.7 Å². The summed E-state index contributed by atoms with van der Waals surface area (Å²) in [6.45, 7) is 2.77. The first-order valence-electron chi connectivity index (χ1n) is 12.9. The number of nitrogens with one attached hydrogen (secondary N) is 1. The molecule has 37 heavy (non-hydrogen) atoms. The van der Waals surface area contributed by atoms with Crippen LogP contribution in [-0.2, 0) is 29.7 Å². The van der Waals surface area contributed by atoms with Gasteiger partial charge < -0.3 is 9.64 Å². The van der Waals surface area contributed by atoms with E-state index >= 15 is 0 Å². The van der Waals surface area contributed by atoms with E-state index in [-0.39, 0.29) is 18.2 Å². The van der Waals surface area contributed by atoms with E-state index in [1.807, 2.05) is 19.2 Å². The lowest BCUT2D eigenvalue weighted by molar-refractivity contribution is -0.136. The molecule has 0 bridgehead atoms. The lowest BCUT2D eigenvalue weighted by Gasteiger charge is -2.35. The minimum atomic E-state index is -0.612. The summed E-state index contributed by atoms with van der Waals surface area (Å²) in [6.07, 6.45) is 4.01. The third kappa shape index (κ3) is 4.57. The van der Waals surface area contributed by atoms with E-state index in [0.717, 1.165) is 41.9 Å². The third-order valence-corrected chi connectivity index (χ3v) is 7.75. The molecule has 0 spiro atoms. The van der Waals surface area contributed by atoms with Gasteiger partial charge >= 0.3 is 0 Å². The van der Waals surface area contributed by atoms with E-state index in [4.69, 9.17) is 4.74 Å². The molecule has 3 aliphatic rings. The molecule has 2 aromatic carbocycles. The second-order valence-corrected chi connectivity index (χ2v) is 10.2.